The summed E-state index contributed by atoms with van der Waals surface area (Å²) in [5.41, 5.74) is 2.63. The van der Waals surface area contributed by atoms with Gasteiger partial charge < -0.3 is 5.11 Å². The lowest BCUT2D eigenvalue weighted by Crippen LogP contribution is -2.33. The van der Waals surface area contributed by atoms with Crippen LogP contribution in [0.3, 0.4) is 0 Å². The third kappa shape index (κ3) is 4.77. The van der Waals surface area contributed by atoms with Crippen LogP contribution >= 0.6 is 23.2 Å². The van der Waals surface area contributed by atoms with Crippen molar-refractivity contribution < 1.29 is 13.9 Å². The number of halogens is 4. The van der Waals surface area contributed by atoms with Crippen LogP contribution in [0.2, 0.25) is 10.0 Å². The molecule has 4 rings (SSSR count). The van der Waals surface area contributed by atoms with E-state index in [1.807, 2.05) is 6.07 Å². The summed E-state index contributed by atoms with van der Waals surface area (Å²) in [5, 5.41) is 21.5. The summed E-state index contributed by atoms with van der Waals surface area (Å²) in [5.74, 6) is -2.83. The number of nitriles is 1. The second-order valence-electron chi connectivity index (χ2n) is 7.80. The van der Waals surface area contributed by atoms with Crippen LogP contribution in [0.25, 0.3) is 11.3 Å². The zero-order chi connectivity index (χ0) is 22.9. The molecule has 1 aromatic heterocycles. The second kappa shape index (κ2) is 9.13. The molecule has 2 unspecified atom stereocenters. The molecule has 2 atom stereocenters. The Bertz CT molecular complexity index is 1140. The lowest BCUT2D eigenvalue weighted by atomic mass is 9.91. The van der Waals surface area contributed by atoms with Gasteiger partial charge in [0.25, 0.3) is 5.92 Å². The van der Waals surface area contributed by atoms with Crippen LogP contribution in [-0.2, 0) is 0 Å². The molecule has 3 aromatic rings. The second-order valence-corrected chi connectivity index (χ2v) is 8.67. The van der Waals surface area contributed by atoms with Crippen LogP contribution in [0.4, 0.5) is 8.78 Å². The number of aliphatic hydroxyl groups excluding tert-OH is 1. The molecule has 0 bridgehead atoms. The normalized spacial score (nSPS) is 17.6. The Morgan fingerprint density at radius 1 is 1.09 bits per heavy atom. The Labute approximate surface area is 194 Å². The van der Waals surface area contributed by atoms with Gasteiger partial charge in [-0.15, -0.1) is 0 Å². The lowest BCUT2D eigenvalue weighted by molar-refractivity contribution is -0.00689. The van der Waals surface area contributed by atoms with E-state index < -0.39 is 24.6 Å². The minimum atomic E-state index is -2.83. The topological polar surface area (TPSA) is 60.1 Å². The number of aliphatic hydroxyl groups is 1. The predicted molar refractivity (Wildman–Crippen MR) is 120 cm³/mol. The quantitative estimate of drug-likeness (QED) is 0.490. The first kappa shape index (κ1) is 22.6. The number of hydrogen-bond donors (Lipinski definition) is 1. The van der Waals surface area contributed by atoms with Crippen LogP contribution in [-0.4, -0.2) is 34.0 Å². The van der Waals surface area contributed by atoms with Crippen molar-refractivity contribution >= 4 is 23.2 Å². The minimum Gasteiger partial charge on any atom is -0.386 e. The van der Waals surface area contributed by atoms with Gasteiger partial charge in [-0.05, 0) is 42.0 Å². The van der Waals surface area contributed by atoms with Crippen molar-refractivity contribution in [2.45, 2.75) is 24.5 Å². The van der Waals surface area contributed by atoms with Gasteiger partial charge in [0.2, 0.25) is 0 Å². The van der Waals surface area contributed by atoms with Crippen LogP contribution < -0.4 is 0 Å². The highest BCUT2D eigenvalue weighted by atomic mass is 35.5. The fourth-order valence-corrected chi connectivity index (χ4v) is 4.63. The van der Waals surface area contributed by atoms with Crippen molar-refractivity contribution in [3.63, 3.8) is 0 Å². The van der Waals surface area contributed by atoms with Gasteiger partial charge >= 0.3 is 0 Å². The zero-order valence-electron chi connectivity index (χ0n) is 16.9. The van der Waals surface area contributed by atoms with Crippen molar-refractivity contribution in [3.05, 3.63) is 87.5 Å². The number of aromatic nitrogens is 1. The van der Waals surface area contributed by atoms with Gasteiger partial charge in [-0.2, -0.15) is 5.26 Å². The van der Waals surface area contributed by atoms with Gasteiger partial charge in [0.05, 0.1) is 29.9 Å². The molecule has 1 fully saturated rings. The van der Waals surface area contributed by atoms with E-state index in [4.69, 9.17) is 28.5 Å². The highest BCUT2D eigenvalue weighted by Crippen LogP contribution is 2.42. The molecule has 32 heavy (non-hydrogen) atoms. The van der Waals surface area contributed by atoms with E-state index in [9.17, 15) is 13.9 Å². The molecule has 8 heteroatoms. The largest absolute Gasteiger partial charge is 0.386 e. The first-order chi connectivity index (χ1) is 15.3. The summed E-state index contributed by atoms with van der Waals surface area (Å²) in [6.07, 6.45) is 0.135. The number of hydrogen-bond acceptors (Lipinski definition) is 4. The van der Waals surface area contributed by atoms with Gasteiger partial charge in [0.1, 0.15) is 6.10 Å². The first-order valence-electron chi connectivity index (χ1n) is 9.99. The van der Waals surface area contributed by atoms with Crippen molar-refractivity contribution in [1.29, 1.82) is 5.26 Å². The molecular formula is C24H19Cl2F2N3O. The summed E-state index contributed by atoms with van der Waals surface area (Å²) >= 11 is 12.3. The Morgan fingerprint density at radius 2 is 1.78 bits per heavy atom. The number of nitrogens with zero attached hydrogens (tertiary/aromatic N) is 3. The van der Waals surface area contributed by atoms with Crippen molar-refractivity contribution in [3.8, 4) is 17.3 Å². The molecule has 0 spiro atoms. The number of likely N-dealkylation sites (tertiary alicyclic amines) is 1. The van der Waals surface area contributed by atoms with Gasteiger partial charge in [-0.3, -0.25) is 9.88 Å². The van der Waals surface area contributed by atoms with E-state index in [0.29, 0.717) is 38.0 Å². The summed E-state index contributed by atoms with van der Waals surface area (Å²) in [4.78, 5) is 6.00. The predicted octanol–water partition coefficient (Wildman–Crippen LogP) is 6.04. The maximum Gasteiger partial charge on any atom is 0.261 e. The summed E-state index contributed by atoms with van der Waals surface area (Å²) < 4.78 is 28.2. The molecule has 0 aliphatic carbocycles. The molecule has 1 saturated heterocycles. The van der Waals surface area contributed by atoms with E-state index in [1.165, 1.54) is 0 Å². The number of pyridine rings is 1. The van der Waals surface area contributed by atoms with Crippen molar-refractivity contribution in [2.24, 2.45) is 0 Å². The Balaban J connectivity index is 1.79. The smallest absolute Gasteiger partial charge is 0.261 e. The SMILES string of the molecule is N#Cc1ccc(C(C(O)c2cccnc2-c2cc(Cl)cc(Cl)c2)N2CCC(F)(F)C2)cc1. The molecule has 0 saturated carbocycles. The highest BCUT2D eigenvalue weighted by Gasteiger charge is 2.43. The summed E-state index contributed by atoms with van der Waals surface area (Å²) in [6.45, 7) is -0.333. The first-order valence-corrected chi connectivity index (χ1v) is 10.7. The molecule has 164 valence electrons. The lowest BCUT2D eigenvalue weighted by Gasteiger charge is -2.33. The Kier molecular flexibility index (Phi) is 6.45. The molecule has 1 aliphatic rings. The summed E-state index contributed by atoms with van der Waals surface area (Å²) in [6, 6.07) is 16.3. The standard InChI is InChI=1S/C24H19Cl2F2N3O/c25-18-10-17(11-19(26)12-18)21-20(2-1-8-30-21)23(32)22(31-9-7-24(27,28)14-31)16-5-3-15(13-29)4-6-16/h1-6,8,10-12,22-23,32H,7,9,14H2. The van der Waals surface area contributed by atoms with Crippen molar-refractivity contribution in [2.75, 3.05) is 13.1 Å². The third-order valence-corrected chi connectivity index (χ3v) is 6.00. The number of benzene rings is 2. The molecule has 2 aromatic carbocycles. The van der Waals surface area contributed by atoms with E-state index in [1.54, 1.807) is 65.7 Å². The molecular weight excluding hydrogens is 455 g/mol. The molecule has 0 radical (unpaired) electrons. The van der Waals surface area contributed by atoms with Gasteiger partial charge in [0.15, 0.2) is 0 Å². The van der Waals surface area contributed by atoms with Crippen LogP contribution in [0.15, 0.2) is 60.8 Å². The molecule has 2 heterocycles. The monoisotopic (exact) mass is 473 g/mol. The molecule has 1 aliphatic heterocycles. The highest BCUT2D eigenvalue weighted by molar-refractivity contribution is 6.35. The van der Waals surface area contributed by atoms with E-state index in [-0.39, 0.29) is 13.0 Å². The average Bonchev–Trinajstić information content (AvgIpc) is 3.12. The van der Waals surface area contributed by atoms with E-state index in [0.717, 1.165) is 0 Å². The fourth-order valence-electron chi connectivity index (χ4n) is 4.11. The van der Waals surface area contributed by atoms with E-state index >= 15 is 0 Å². The summed E-state index contributed by atoms with van der Waals surface area (Å²) in [7, 11) is 0. The van der Waals surface area contributed by atoms with Crippen LogP contribution in [0.1, 0.15) is 35.3 Å². The minimum absolute atomic E-state index is 0.132. The average molecular weight is 474 g/mol. The van der Waals surface area contributed by atoms with Gasteiger partial charge in [-0.25, -0.2) is 8.78 Å². The Hall–Kier alpha value is -2.56. The fraction of sp³-hybridized carbons (Fsp3) is 0.250. The van der Waals surface area contributed by atoms with Crippen molar-refractivity contribution in [1.82, 2.24) is 9.88 Å². The van der Waals surface area contributed by atoms with E-state index in [2.05, 4.69) is 4.98 Å². The Morgan fingerprint density at radius 3 is 2.38 bits per heavy atom. The van der Waals surface area contributed by atoms with Gasteiger partial charge in [-0.1, -0.05) is 41.4 Å². The van der Waals surface area contributed by atoms with Crippen LogP contribution in [0, 0.1) is 11.3 Å². The molecule has 1 N–H and O–H groups in total. The maximum absolute atomic E-state index is 14.1. The molecule has 4 nitrogen and oxygen atoms in total. The van der Waals surface area contributed by atoms with Crippen LogP contribution in [0.5, 0.6) is 0 Å². The number of rotatable bonds is 5. The maximum atomic E-state index is 14.1. The number of alkyl halides is 2. The zero-order valence-corrected chi connectivity index (χ0v) is 18.4. The molecule has 0 amide bonds. The third-order valence-electron chi connectivity index (χ3n) is 5.57. The van der Waals surface area contributed by atoms with Gasteiger partial charge in [0, 0.05) is 40.3 Å².